The van der Waals surface area contributed by atoms with E-state index in [0.29, 0.717) is 42.4 Å². The SMILES string of the molecule is Cc1ccnc(N2CCN(Cn3nc(C(F)(F)F)n(/N=C/c4ccccc4)c3=S)CC2)n1. The Bertz CT molecular complexity index is 1150. The zero-order valence-corrected chi connectivity index (χ0v) is 18.1. The summed E-state index contributed by atoms with van der Waals surface area (Å²) < 4.78 is 42.4. The van der Waals surface area contributed by atoms with Crippen LogP contribution in [0.25, 0.3) is 0 Å². The molecule has 1 saturated heterocycles. The molecule has 1 aliphatic rings. The van der Waals surface area contributed by atoms with Crippen LogP contribution in [0.15, 0.2) is 47.7 Å². The highest BCUT2D eigenvalue weighted by molar-refractivity contribution is 7.71. The zero-order chi connectivity index (χ0) is 22.7. The summed E-state index contributed by atoms with van der Waals surface area (Å²) in [6.45, 7) is 4.56. The number of aromatic nitrogens is 5. The molecule has 1 aromatic carbocycles. The van der Waals surface area contributed by atoms with Crippen LogP contribution in [0, 0.1) is 11.7 Å². The molecular formula is C20H21F3N8S. The van der Waals surface area contributed by atoms with Crippen LogP contribution < -0.4 is 4.90 Å². The number of halogens is 3. The summed E-state index contributed by atoms with van der Waals surface area (Å²) in [5.74, 6) is -0.498. The predicted molar refractivity (Wildman–Crippen MR) is 116 cm³/mol. The molecule has 168 valence electrons. The first-order valence-electron chi connectivity index (χ1n) is 9.95. The molecule has 0 radical (unpaired) electrons. The first kappa shape index (κ1) is 22.1. The van der Waals surface area contributed by atoms with Gasteiger partial charge in [0.15, 0.2) is 0 Å². The van der Waals surface area contributed by atoms with E-state index in [0.717, 1.165) is 5.69 Å². The van der Waals surface area contributed by atoms with Crippen LogP contribution in [0.2, 0.25) is 0 Å². The fourth-order valence-corrected chi connectivity index (χ4v) is 3.53. The second-order valence-corrected chi connectivity index (χ2v) is 7.68. The molecule has 0 N–H and O–H groups in total. The van der Waals surface area contributed by atoms with Crippen LogP contribution in [-0.2, 0) is 12.8 Å². The van der Waals surface area contributed by atoms with Gasteiger partial charge in [0, 0.05) is 38.1 Å². The molecule has 0 saturated carbocycles. The molecule has 8 nitrogen and oxygen atoms in total. The van der Waals surface area contributed by atoms with E-state index in [4.69, 9.17) is 12.2 Å². The van der Waals surface area contributed by atoms with Gasteiger partial charge >= 0.3 is 6.18 Å². The molecule has 3 aromatic rings. The van der Waals surface area contributed by atoms with Crippen LogP contribution in [0.3, 0.4) is 0 Å². The smallest absolute Gasteiger partial charge is 0.338 e. The monoisotopic (exact) mass is 462 g/mol. The molecule has 0 unspecified atom stereocenters. The lowest BCUT2D eigenvalue weighted by molar-refractivity contribution is -0.147. The van der Waals surface area contributed by atoms with Crippen LogP contribution in [0.5, 0.6) is 0 Å². The number of hydrogen-bond acceptors (Lipinski definition) is 7. The van der Waals surface area contributed by atoms with Gasteiger partial charge in [-0.05, 0) is 30.8 Å². The molecule has 0 atom stereocenters. The zero-order valence-electron chi connectivity index (χ0n) is 17.3. The van der Waals surface area contributed by atoms with Crippen molar-refractivity contribution in [3.63, 3.8) is 0 Å². The molecule has 0 aliphatic carbocycles. The number of hydrogen-bond donors (Lipinski definition) is 0. The number of nitrogens with zero attached hydrogens (tertiary/aromatic N) is 8. The Kier molecular flexibility index (Phi) is 6.33. The molecule has 0 amide bonds. The Hall–Kier alpha value is -3.12. The lowest BCUT2D eigenvalue weighted by Gasteiger charge is -2.34. The van der Waals surface area contributed by atoms with Gasteiger partial charge in [0.2, 0.25) is 10.7 Å². The van der Waals surface area contributed by atoms with E-state index >= 15 is 0 Å². The Morgan fingerprint density at radius 3 is 2.47 bits per heavy atom. The number of alkyl halides is 3. The largest absolute Gasteiger partial charge is 0.453 e. The Morgan fingerprint density at radius 1 is 1.09 bits per heavy atom. The van der Waals surface area contributed by atoms with Gasteiger partial charge in [-0.1, -0.05) is 30.3 Å². The van der Waals surface area contributed by atoms with Gasteiger partial charge < -0.3 is 4.90 Å². The molecule has 0 spiro atoms. The summed E-state index contributed by atoms with van der Waals surface area (Å²) in [6, 6.07) is 10.7. The fraction of sp³-hybridized carbons (Fsp3) is 0.350. The van der Waals surface area contributed by atoms with E-state index < -0.39 is 12.0 Å². The summed E-state index contributed by atoms with van der Waals surface area (Å²) in [5, 5.41) is 7.69. The standard InChI is InChI=1S/C20H21F3N8S/c1-15-7-8-24-18(26-15)29-11-9-28(10-12-29)14-30-19(32)31(17(27-30)20(21,22)23)25-13-16-5-3-2-4-6-16/h2-8,13H,9-12,14H2,1H3/b25-13+. The number of rotatable bonds is 5. The van der Waals surface area contributed by atoms with Crippen molar-refractivity contribution in [1.82, 2.24) is 29.3 Å². The van der Waals surface area contributed by atoms with Crippen LogP contribution in [-0.4, -0.2) is 61.7 Å². The maximum Gasteiger partial charge on any atom is 0.453 e. The third-order valence-corrected chi connectivity index (χ3v) is 5.35. The van der Waals surface area contributed by atoms with Gasteiger partial charge in [-0.15, -0.1) is 5.10 Å². The number of aryl methyl sites for hydroxylation is 1. The maximum absolute atomic E-state index is 13.6. The summed E-state index contributed by atoms with van der Waals surface area (Å²) >= 11 is 5.27. The fourth-order valence-electron chi connectivity index (χ4n) is 3.30. The van der Waals surface area contributed by atoms with Crippen molar-refractivity contribution in [3.05, 3.63) is 64.4 Å². The molecule has 3 heterocycles. The van der Waals surface area contributed by atoms with Crippen molar-refractivity contribution >= 4 is 24.4 Å². The number of piperazine rings is 1. The topological polar surface area (TPSA) is 67.4 Å². The van der Waals surface area contributed by atoms with Crippen molar-refractivity contribution in [2.75, 3.05) is 31.1 Å². The Morgan fingerprint density at radius 2 is 1.81 bits per heavy atom. The molecule has 2 aromatic heterocycles. The minimum atomic E-state index is -4.69. The molecular weight excluding hydrogens is 441 g/mol. The lowest BCUT2D eigenvalue weighted by Crippen LogP contribution is -2.47. The van der Waals surface area contributed by atoms with E-state index in [1.807, 2.05) is 28.9 Å². The van der Waals surface area contributed by atoms with Crippen molar-refractivity contribution in [3.8, 4) is 0 Å². The van der Waals surface area contributed by atoms with Crippen molar-refractivity contribution in [2.45, 2.75) is 19.8 Å². The van der Waals surface area contributed by atoms with Gasteiger partial charge in [-0.25, -0.2) is 14.6 Å². The Balaban J connectivity index is 1.50. The average Bonchev–Trinajstić information content (AvgIpc) is 3.09. The van der Waals surface area contributed by atoms with Crippen LogP contribution in [0.1, 0.15) is 17.1 Å². The first-order valence-corrected chi connectivity index (χ1v) is 10.4. The summed E-state index contributed by atoms with van der Waals surface area (Å²) in [4.78, 5) is 12.8. The second kappa shape index (κ2) is 9.17. The number of benzene rings is 1. The molecule has 12 heteroatoms. The van der Waals surface area contributed by atoms with E-state index in [9.17, 15) is 13.2 Å². The van der Waals surface area contributed by atoms with Gasteiger partial charge in [0.25, 0.3) is 5.82 Å². The quantitative estimate of drug-likeness (QED) is 0.429. The lowest BCUT2D eigenvalue weighted by atomic mass is 10.2. The van der Waals surface area contributed by atoms with Gasteiger partial charge in [-0.3, -0.25) is 4.90 Å². The van der Waals surface area contributed by atoms with Crippen LogP contribution in [0.4, 0.5) is 19.1 Å². The Labute approximate surface area is 187 Å². The minimum absolute atomic E-state index is 0.117. The van der Waals surface area contributed by atoms with E-state index in [-0.39, 0.29) is 11.4 Å². The summed E-state index contributed by atoms with van der Waals surface area (Å²) in [7, 11) is 0. The van der Waals surface area contributed by atoms with Gasteiger partial charge in [0.1, 0.15) is 0 Å². The van der Waals surface area contributed by atoms with E-state index in [1.165, 1.54) is 10.9 Å². The minimum Gasteiger partial charge on any atom is -0.338 e. The van der Waals surface area contributed by atoms with E-state index in [2.05, 4.69) is 20.2 Å². The maximum atomic E-state index is 13.6. The van der Waals surface area contributed by atoms with Crippen molar-refractivity contribution in [1.29, 1.82) is 0 Å². The van der Waals surface area contributed by atoms with Crippen molar-refractivity contribution in [2.24, 2.45) is 5.10 Å². The molecule has 0 bridgehead atoms. The molecule has 1 aliphatic heterocycles. The normalized spacial score (nSPS) is 15.6. The van der Waals surface area contributed by atoms with Crippen molar-refractivity contribution < 1.29 is 13.2 Å². The van der Waals surface area contributed by atoms with Gasteiger partial charge in [-0.2, -0.15) is 22.9 Å². The molecule has 1 fully saturated rings. The third-order valence-electron chi connectivity index (χ3n) is 4.96. The molecule has 32 heavy (non-hydrogen) atoms. The molecule has 4 rings (SSSR count). The average molecular weight is 463 g/mol. The predicted octanol–water partition coefficient (Wildman–Crippen LogP) is 3.19. The highest BCUT2D eigenvalue weighted by Gasteiger charge is 2.39. The highest BCUT2D eigenvalue weighted by Crippen LogP contribution is 2.28. The van der Waals surface area contributed by atoms with Gasteiger partial charge in [0.05, 0.1) is 12.9 Å². The van der Waals surface area contributed by atoms with Crippen LogP contribution >= 0.6 is 12.2 Å². The summed E-state index contributed by atoms with van der Waals surface area (Å²) in [6.07, 6.45) is -1.64. The first-order chi connectivity index (χ1) is 15.3. The third kappa shape index (κ3) is 5.02. The summed E-state index contributed by atoms with van der Waals surface area (Å²) in [5.41, 5.74) is 1.54. The highest BCUT2D eigenvalue weighted by atomic mass is 32.1. The van der Waals surface area contributed by atoms with E-state index in [1.54, 1.807) is 30.5 Å². The number of anilines is 1. The second-order valence-electron chi connectivity index (χ2n) is 7.32.